The number of furan rings is 1. The molecule has 3 aromatic rings. The minimum absolute atomic E-state index is 0.274. The van der Waals surface area contributed by atoms with Crippen molar-refractivity contribution in [2.75, 3.05) is 12.4 Å². The van der Waals surface area contributed by atoms with Gasteiger partial charge in [0, 0.05) is 28.8 Å². The number of nitrogens with zero attached hydrogens (tertiary/aromatic N) is 1. The number of nitrogens with one attached hydrogen (secondary N) is 2. The van der Waals surface area contributed by atoms with Crippen molar-refractivity contribution in [2.24, 2.45) is 5.10 Å². The van der Waals surface area contributed by atoms with E-state index in [1.807, 2.05) is 39.0 Å². The van der Waals surface area contributed by atoms with Gasteiger partial charge in [0.2, 0.25) is 0 Å². The Balaban J connectivity index is 1.55. The van der Waals surface area contributed by atoms with E-state index in [1.165, 1.54) is 0 Å². The van der Waals surface area contributed by atoms with E-state index in [0.29, 0.717) is 23.4 Å². The Morgan fingerprint density at radius 3 is 2.45 bits per heavy atom. The number of methoxy groups -OCH3 is 1. The topological polar surface area (TPSA) is 92.9 Å². The molecule has 0 radical (unpaired) electrons. The van der Waals surface area contributed by atoms with Crippen molar-refractivity contribution in [3.63, 3.8) is 0 Å². The number of rotatable bonds is 5. The van der Waals surface area contributed by atoms with Gasteiger partial charge in [-0.2, -0.15) is 5.10 Å². The number of fused-ring (bicyclic) bond motifs is 1. The van der Waals surface area contributed by atoms with E-state index in [4.69, 9.17) is 9.15 Å². The average molecular weight is 446 g/mol. The van der Waals surface area contributed by atoms with Crippen LogP contribution in [0.15, 0.2) is 52.0 Å². The van der Waals surface area contributed by atoms with E-state index < -0.39 is 0 Å². The van der Waals surface area contributed by atoms with Crippen molar-refractivity contribution in [3.8, 4) is 5.75 Å². The highest BCUT2D eigenvalue weighted by atomic mass is 16.5. The summed E-state index contributed by atoms with van der Waals surface area (Å²) in [5.41, 5.74) is 8.23. The molecule has 4 rings (SSSR count). The number of hydrogen-bond donors (Lipinski definition) is 2. The van der Waals surface area contributed by atoms with Gasteiger partial charge in [-0.3, -0.25) is 9.59 Å². The van der Waals surface area contributed by atoms with Crippen LogP contribution in [0.5, 0.6) is 5.75 Å². The van der Waals surface area contributed by atoms with Gasteiger partial charge in [-0.25, -0.2) is 5.43 Å². The summed E-state index contributed by atoms with van der Waals surface area (Å²) in [6.45, 7) is 5.82. The summed E-state index contributed by atoms with van der Waals surface area (Å²) in [5.74, 6) is 1.06. The van der Waals surface area contributed by atoms with Gasteiger partial charge >= 0.3 is 0 Å². The maximum atomic E-state index is 13.0. The second-order valence-corrected chi connectivity index (χ2v) is 8.21. The third-order valence-electron chi connectivity index (χ3n) is 5.81. The lowest BCUT2D eigenvalue weighted by Gasteiger charge is -2.13. The van der Waals surface area contributed by atoms with E-state index in [-0.39, 0.29) is 17.6 Å². The predicted octanol–water partition coefficient (Wildman–Crippen LogP) is 4.94. The lowest BCUT2D eigenvalue weighted by atomic mass is 9.93. The van der Waals surface area contributed by atoms with Crippen LogP contribution in [0, 0.1) is 20.8 Å². The van der Waals surface area contributed by atoms with Crippen molar-refractivity contribution in [3.05, 3.63) is 81.8 Å². The lowest BCUT2D eigenvalue weighted by Crippen LogP contribution is -2.22. The molecular weight excluding hydrogens is 418 g/mol. The number of carbonyl (C=O) groups excluding carboxylic acids is 2. The summed E-state index contributed by atoms with van der Waals surface area (Å²) in [5, 5.41) is 7.33. The third-order valence-corrected chi connectivity index (χ3v) is 5.81. The fraction of sp³-hybridized carbons (Fsp3) is 0.269. The summed E-state index contributed by atoms with van der Waals surface area (Å²) in [6, 6.07) is 12.7. The molecule has 0 aliphatic heterocycles. The van der Waals surface area contributed by atoms with Crippen LogP contribution in [-0.2, 0) is 6.42 Å². The summed E-state index contributed by atoms with van der Waals surface area (Å²) >= 11 is 0. The number of hydrazone groups is 1. The highest BCUT2D eigenvalue weighted by Crippen LogP contribution is 2.30. The van der Waals surface area contributed by atoms with Crippen molar-refractivity contribution < 1.29 is 18.7 Å². The molecule has 33 heavy (non-hydrogen) atoms. The number of hydrogen-bond acceptors (Lipinski definition) is 5. The molecule has 170 valence electrons. The lowest BCUT2D eigenvalue weighted by molar-refractivity contribution is 0.0953. The minimum Gasteiger partial charge on any atom is -0.497 e. The van der Waals surface area contributed by atoms with Crippen LogP contribution >= 0.6 is 0 Å². The van der Waals surface area contributed by atoms with E-state index >= 15 is 0 Å². The van der Waals surface area contributed by atoms with Crippen molar-refractivity contribution >= 4 is 23.2 Å². The number of carbonyl (C=O) groups is 2. The van der Waals surface area contributed by atoms with Crippen LogP contribution in [0.25, 0.3) is 0 Å². The van der Waals surface area contributed by atoms with Crippen LogP contribution in [-0.4, -0.2) is 24.6 Å². The fourth-order valence-electron chi connectivity index (χ4n) is 4.05. The monoisotopic (exact) mass is 445 g/mol. The molecule has 0 bridgehead atoms. The summed E-state index contributed by atoms with van der Waals surface area (Å²) in [7, 11) is 1.57. The van der Waals surface area contributed by atoms with Gasteiger partial charge in [-0.1, -0.05) is 17.7 Å². The molecular formula is C26H27N3O4. The Morgan fingerprint density at radius 2 is 1.76 bits per heavy atom. The molecule has 7 heteroatoms. The highest BCUT2D eigenvalue weighted by molar-refractivity contribution is 6.09. The largest absolute Gasteiger partial charge is 0.497 e. The molecule has 0 spiro atoms. The Labute approximate surface area is 192 Å². The Hall–Kier alpha value is -3.87. The zero-order valence-electron chi connectivity index (χ0n) is 19.2. The fourth-order valence-corrected chi connectivity index (χ4v) is 4.05. The van der Waals surface area contributed by atoms with Gasteiger partial charge in [0.15, 0.2) is 5.76 Å². The molecule has 1 aliphatic rings. The molecule has 1 aliphatic carbocycles. The van der Waals surface area contributed by atoms with Gasteiger partial charge in [-0.05, 0) is 69.5 Å². The number of anilines is 1. The minimum atomic E-state index is -0.314. The first-order chi connectivity index (χ1) is 15.9. The zero-order valence-corrected chi connectivity index (χ0v) is 19.2. The highest BCUT2D eigenvalue weighted by Gasteiger charge is 2.28. The molecule has 0 fully saturated rings. The van der Waals surface area contributed by atoms with Gasteiger partial charge < -0.3 is 14.5 Å². The van der Waals surface area contributed by atoms with E-state index in [2.05, 4.69) is 15.8 Å². The van der Waals surface area contributed by atoms with Crippen LogP contribution in [0.4, 0.5) is 5.69 Å². The summed E-state index contributed by atoms with van der Waals surface area (Å²) in [6.07, 6.45) is 2.24. The van der Waals surface area contributed by atoms with Crippen LogP contribution in [0.1, 0.15) is 61.8 Å². The van der Waals surface area contributed by atoms with Crippen molar-refractivity contribution in [2.45, 2.75) is 40.0 Å². The second kappa shape index (κ2) is 9.32. The predicted molar refractivity (Wildman–Crippen MR) is 127 cm³/mol. The maximum Gasteiger partial charge on any atom is 0.291 e. The normalized spacial score (nSPS) is 14.0. The Bertz CT molecular complexity index is 1240. The van der Waals surface area contributed by atoms with E-state index in [9.17, 15) is 9.59 Å². The second-order valence-electron chi connectivity index (χ2n) is 8.21. The third kappa shape index (κ3) is 4.67. The van der Waals surface area contributed by atoms with Gasteiger partial charge in [-0.15, -0.1) is 0 Å². The van der Waals surface area contributed by atoms with Crippen molar-refractivity contribution in [1.29, 1.82) is 0 Å². The SMILES string of the molecule is COc1ccc(C(=O)N/N=C2\CCCc3oc(C(=O)Nc4ccc(C)cc4C)c(C)c32)cc1. The first-order valence-electron chi connectivity index (χ1n) is 10.9. The number of aryl methyl sites for hydroxylation is 3. The van der Waals surface area contributed by atoms with Gasteiger partial charge in [0.05, 0.1) is 12.8 Å². The van der Waals surface area contributed by atoms with Crippen LogP contribution in [0.2, 0.25) is 0 Å². The molecule has 2 N–H and O–H groups in total. The van der Waals surface area contributed by atoms with Crippen LogP contribution < -0.4 is 15.5 Å². The van der Waals surface area contributed by atoms with Gasteiger partial charge in [0.1, 0.15) is 11.5 Å². The average Bonchev–Trinajstić information content (AvgIpc) is 3.16. The van der Waals surface area contributed by atoms with E-state index in [1.54, 1.807) is 31.4 Å². The standard InChI is InChI=1S/C26H27N3O4/c1-15-8-13-20(16(2)14-15)27-26(31)24-17(3)23-21(6-5-7-22(23)33-24)28-29-25(30)18-9-11-19(32-4)12-10-18/h8-14H,5-7H2,1-4H3,(H,27,31)(H,29,30)/b28-21+. The summed E-state index contributed by atoms with van der Waals surface area (Å²) < 4.78 is 11.1. The molecule has 0 saturated carbocycles. The van der Waals surface area contributed by atoms with Crippen LogP contribution in [0.3, 0.4) is 0 Å². The molecule has 1 aromatic heterocycles. The van der Waals surface area contributed by atoms with E-state index in [0.717, 1.165) is 46.5 Å². The number of ether oxygens (including phenoxy) is 1. The first-order valence-corrected chi connectivity index (χ1v) is 10.9. The summed E-state index contributed by atoms with van der Waals surface area (Å²) in [4.78, 5) is 25.5. The number of amides is 2. The molecule has 0 saturated heterocycles. The molecule has 7 nitrogen and oxygen atoms in total. The zero-order chi connectivity index (χ0) is 23.5. The Morgan fingerprint density at radius 1 is 1.00 bits per heavy atom. The Kier molecular flexibility index (Phi) is 6.31. The van der Waals surface area contributed by atoms with Gasteiger partial charge in [0.25, 0.3) is 11.8 Å². The molecule has 1 heterocycles. The number of benzene rings is 2. The first kappa shape index (κ1) is 22.3. The maximum absolute atomic E-state index is 13.0. The smallest absolute Gasteiger partial charge is 0.291 e. The molecule has 0 atom stereocenters. The molecule has 0 unspecified atom stereocenters. The molecule has 2 amide bonds. The quantitative estimate of drug-likeness (QED) is 0.544. The van der Waals surface area contributed by atoms with Crippen molar-refractivity contribution in [1.82, 2.24) is 5.43 Å². The molecule has 2 aromatic carbocycles.